The molecule has 88 valence electrons. The van der Waals surface area contributed by atoms with Crippen molar-refractivity contribution in [1.29, 1.82) is 0 Å². The maximum absolute atomic E-state index is 13.5. The average Bonchev–Trinajstić information content (AvgIpc) is 2.24. The predicted octanol–water partition coefficient (Wildman–Crippen LogP) is 3.34. The van der Waals surface area contributed by atoms with Gasteiger partial charge >= 0.3 is 0 Å². The molecular weight excluding hydrogens is 282 g/mol. The Kier molecular flexibility index (Phi) is 5.02. The van der Waals surface area contributed by atoms with Gasteiger partial charge in [-0.1, -0.05) is 0 Å². The second-order valence-corrected chi connectivity index (χ2v) is 3.94. The molecule has 2 nitrogen and oxygen atoms in total. The Morgan fingerprint density at radius 2 is 2.12 bits per heavy atom. The van der Waals surface area contributed by atoms with Crippen molar-refractivity contribution in [2.45, 2.75) is 13.3 Å². The molecule has 0 spiro atoms. The first-order valence-corrected chi connectivity index (χ1v) is 5.61. The normalized spacial score (nSPS) is 10.5. The van der Waals surface area contributed by atoms with E-state index in [4.69, 9.17) is 4.74 Å². The Morgan fingerprint density at radius 3 is 2.75 bits per heavy atom. The molecule has 0 aliphatic heterocycles. The van der Waals surface area contributed by atoms with Crippen molar-refractivity contribution in [2.24, 2.45) is 0 Å². The van der Waals surface area contributed by atoms with Crippen LogP contribution in [0.15, 0.2) is 16.6 Å². The largest absolute Gasteiger partial charge is 0.381 e. The summed E-state index contributed by atoms with van der Waals surface area (Å²) in [6.45, 7) is 2.42. The van der Waals surface area contributed by atoms with Crippen LogP contribution in [0.5, 0.6) is 0 Å². The molecule has 1 rings (SSSR count). The number of Topliss-reactive ketones (excluding diaryl/α,β-unsaturated/α-hetero) is 1. The van der Waals surface area contributed by atoms with Gasteiger partial charge in [0.15, 0.2) is 11.6 Å². The van der Waals surface area contributed by atoms with Crippen molar-refractivity contribution in [3.63, 3.8) is 0 Å². The van der Waals surface area contributed by atoms with Gasteiger partial charge < -0.3 is 4.74 Å². The Balaban J connectivity index is 2.86. The van der Waals surface area contributed by atoms with Crippen LogP contribution in [0.4, 0.5) is 8.78 Å². The van der Waals surface area contributed by atoms with Crippen LogP contribution in [0.25, 0.3) is 0 Å². The van der Waals surface area contributed by atoms with Gasteiger partial charge in [0.25, 0.3) is 0 Å². The number of hydrogen-bond acceptors (Lipinski definition) is 2. The van der Waals surface area contributed by atoms with E-state index in [9.17, 15) is 13.6 Å². The Hall–Kier alpha value is -0.810. The molecule has 0 aliphatic rings. The third kappa shape index (κ3) is 3.09. The van der Waals surface area contributed by atoms with Gasteiger partial charge in [-0.15, -0.1) is 0 Å². The average molecular weight is 293 g/mol. The van der Waals surface area contributed by atoms with Crippen LogP contribution in [0.2, 0.25) is 0 Å². The van der Waals surface area contributed by atoms with Crippen molar-refractivity contribution < 1.29 is 18.3 Å². The van der Waals surface area contributed by atoms with Crippen molar-refractivity contribution >= 4 is 21.7 Å². The van der Waals surface area contributed by atoms with Crippen molar-refractivity contribution in [2.75, 3.05) is 13.2 Å². The maximum atomic E-state index is 13.5. The summed E-state index contributed by atoms with van der Waals surface area (Å²) in [5.41, 5.74) is -0.505. The summed E-state index contributed by atoms with van der Waals surface area (Å²) in [4.78, 5) is 11.5. The van der Waals surface area contributed by atoms with Gasteiger partial charge in [-0.3, -0.25) is 4.79 Å². The third-order valence-corrected chi connectivity index (χ3v) is 2.61. The molecule has 0 aromatic heterocycles. The zero-order valence-corrected chi connectivity index (χ0v) is 10.3. The number of rotatable bonds is 5. The first-order valence-electron chi connectivity index (χ1n) is 4.82. The quantitative estimate of drug-likeness (QED) is 0.473. The lowest BCUT2D eigenvalue weighted by molar-refractivity contribution is 0.0888. The highest BCUT2D eigenvalue weighted by molar-refractivity contribution is 9.10. The molecule has 0 fully saturated rings. The van der Waals surface area contributed by atoms with Gasteiger partial charge in [0.2, 0.25) is 0 Å². The molecule has 0 heterocycles. The van der Waals surface area contributed by atoms with E-state index in [-0.39, 0.29) is 17.5 Å². The van der Waals surface area contributed by atoms with Gasteiger partial charge in [-0.25, -0.2) is 8.78 Å². The van der Waals surface area contributed by atoms with Crippen LogP contribution in [-0.4, -0.2) is 19.0 Å². The highest BCUT2D eigenvalue weighted by atomic mass is 79.9. The van der Waals surface area contributed by atoms with Crippen molar-refractivity contribution in [3.8, 4) is 0 Å². The Labute approximate surface area is 101 Å². The number of ketones is 1. The van der Waals surface area contributed by atoms with Gasteiger partial charge in [-0.05, 0) is 35.0 Å². The molecular formula is C11H11BrF2O2. The second-order valence-electron chi connectivity index (χ2n) is 3.09. The molecule has 1 aromatic rings. The number of carbonyl (C=O) groups is 1. The van der Waals surface area contributed by atoms with E-state index in [2.05, 4.69) is 15.9 Å². The van der Waals surface area contributed by atoms with Crippen molar-refractivity contribution in [1.82, 2.24) is 0 Å². The van der Waals surface area contributed by atoms with Crippen LogP contribution in [-0.2, 0) is 4.74 Å². The molecule has 0 unspecified atom stereocenters. The van der Waals surface area contributed by atoms with E-state index < -0.39 is 23.0 Å². The molecule has 5 heteroatoms. The molecule has 0 bridgehead atoms. The Morgan fingerprint density at radius 1 is 1.44 bits per heavy atom. The van der Waals surface area contributed by atoms with E-state index in [0.29, 0.717) is 6.61 Å². The smallest absolute Gasteiger partial charge is 0.171 e. The Bertz CT molecular complexity index is 394. The number of ether oxygens (including phenoxy) is 1. The molecule has 0 N–H and O–H groups in total. The molecule has 1 aromatic carbocycles. The van der Waals surface area contributed by atoms with Gasteiger partial charge in [0.05, 0.1) is 16.6 Å². The highest BCUT2D eigenvalue weighted by Crippen LogP contribution is 2.22. The summed E-state index contributed by atoms with van der Waals surface area (Å²) in [6, 6.07) is 2.28. The van der Waals surface area contributed by atoms with E-state index in [1.54, 1.807) is 6.92 Å². The van der Waals surface area contributed by atoms with Crippen LogP contribution >= 0.6 is 15.9 Å². The van der Waals surface area contributed by atoms with Crippen molar-refractivity contribution in [3.05, 3.63) is 33.8 Å². The number of carbonyl (C=O) groups excluding carboxylic acids is 1. The minimum Gasteiger partial charge on any atom is -0.381 e. The lowest BCUT2D eigenvalue weighted by Gasteiger charge is -2.05. The highest BCUT2D eigenvalue weighted by Gasteiger charge is 2.19. The SMILES string of the molecule is CCOCCC(=O)c1c(F)ccc(Br)c1F. The fraction of sp³-hybridized carbons (Fsp3) is 0.364. The predicted molar refractivity (Wildman–Crippen MR) is 59.5 cm³/mol. The summed E-state index contributed by atoms with van der Waals surface area (Å²) in [7, 11) is 0. The third-order valence-electron chi connectivity index (χ3n) is 2.00. The van der Waals surface area contributed by atoms with Gasteiger partial charge in [-0.2, -0.15) is 0 Å². The summed E-state index contributed by atoms with van der Waals surface area (Å²) in [5, 5.41) is 0. The number of hydrogen-bond donors (Lipinski definition) is 0. The minimum atomic E-state index is -0.860. The first kappa shape index (κ1) is 13.3. The van der Waals surface area contributed by atoms with E-state index in [1.807, 2.05) is 0 Å². The molecule has 16 heavy (non-hydrogen) atoms. The molecule has 0 saturated heterocycles. The van der Waals surface area contributed by atoms with E-state index in [0.717, 1.165) is 6.07 Å². The topological polar surface area (TPSA) is 26.3 Å². The molecule has 0 atom stereocenters. The number of benzene rings is 1. The summed E-state index contributed by atoms with van der Waals surface area (Å²) in [5.74, 6) is -2.30. The first-order chi connectivity index (χ1) is 7.57. The van der Waals surface area contributed by atoms with E-state index >= 15 is 0 Å². The van der Waals surface area contributed by atoms with Gasteiger partial charge in [0.1, 0.15) is 5.82 Å². The standard InChI is InChI=1S/C11H11BrF2O2/c1-2-16-6-5-9(15)10-8(13)4-3-7(12)11(10)14/h3-4H,2,5-6H2,1H3. The monoisotopic (exact) mass is 292 g/mol. The summed E-state index contributed by atoms with van der Waals surface area (Å²) < 4.78 is 31.8. The lowest BCUT2D eigenvalue weighted by atomic mass is 10.1. The van der Waals surface area contributed by atoms with E-state index in [1.165, 1.54) is 6.07 Å². The van der Waals surface area contributed by atoms with Gasteiger partial charge in [0, 0.05) is 13.0 Å². The molecule has 0 aliphatic carbocycles. The minimum absolute atomic E-state index is 0.0296. The summed E-state index contributed by atoms with van der Waals surface area (Å²) in [6.07, 6.45) is -0.0296. The van der Waals surface area contributed by atoms with Crippen LogP contribution in [0.1, 0.15) is 23.7 Å². The maximum Gasteiger partial charge on any atom is 0.171 e. The lowest BCUT2D eigenvalue weighted by Crippen LogP contribution is -2.09. The number of halogens is 3. The van der Waals surface area contributed by atoms with Crippen LogP contribution < -0.4 is 0 Å². The summed E-state index contributed by atoms with van der Waals surface area (Å²) >= 11 is 2.91. The zero-order chi connectivity index (χ0) is 12.1. The van der Waals surface area contributed by atoms with Crippen LogP contribution in [0, 0.1) is 11.6 Å². The molecule has 0 amide bonds. The van der Waals surface area contributed by atoms with Crippen LogP contribution in [0.3, 0.4) is 0 Å². The fourth-order valence-corrected chi connectivity index (χ4v) is 1.55. The second kappa shape index (κ2) is 6.06. The fourth-order valence-electron chi connectivity index (χ4n) is 1.22. The zero-order valence-electron chi connectivity index (χ0n) is 8.73. The molecule has 0 saturated carbocycles. The molecule has 0 radical (unpaired) electrons.